The van der Waals surface area contributed by atoms with Gasteiger partial charge in [0.25, 0.3) is 5.91 Å². The largest absolute Gasteiger partial charge is 0.488 e. The van der Waals surface area contributed by atoms with Crippen molar-refractivity contribution in [1.29, 1.82) is 0 Å². The summed E-state index contributed by atoms with van der Waals surface area (Å²) in [5, 5.41) is 17.9. The number of halogens is 1. The smallest absolute Gasteiger partial charge is 0.423 e. The van der Waals surface area contributed by atoms with Crippen LogP contribution in [0.25, 0.3) is 0 Å². The number of rotatable bonds is 2. The second-order valence-electron chi connectivity index (χ2n) is 5.11. The van der Waals surface area contributed by atoms with Gasteiger partial charge in [-0.15, -0.1) is 0 Å². The van der Waals surface area contributed by atoms with Crippen molar-refractivity contribution in [2.45, 2.75) is 19.8 Å². The quantitative estimate of drug-likeness (QED) is 0.760. The van der Waals surface area contributed by atoms with E-state index in [0.29, 0.717) is 19.0 Å². The lowest BCUT2D eigenvalue weighted by atomic mass is 9.80. The van der Waals surface area contributed by atoms with Gasteiger partial charge in [-0.05, 0) is 36.4 Å². The zero-order valence-electron chi connectivity index (χ0n) is 10.8. The minimum atomic E-state index is -1.73. The number of piperidine rings is 1. The molecule has 2 N–H and O–H groups in total. The van der Waals surface area contributed by atoms with Crippen LogP contribution in [0.4, 0.5) is 4.39 Å². The maximum absolute atomic E-state index is 13.8. The molecule has 1 fully saturated rings. The molecule has 1 aromatic rings. The van der Waals surface area contributed by atoms with E-state index in [9.17, 15) is 9.18 Å². The van der Waals surface area contributed by atoms with E-state index in [1.54, 1.807) is 4.90 Å². The predicted molar refractivity (Wildman–Crippen MR) is 70.5 cm³/mol. The molecule has 1 aliphatic heterocycles. The molecule has 1 aliphatic rings. The van der Waals surface area contributed by atoms with Crippen LogP contribution in [0.5, 0.6) is 0 Å². The molecule has 1 atom stereocenters. The Morgan fingerprint density at radius 2 is 2.21 bits per heavy atom. The molecule has 0 radical (unpaired) electrons. The second-order valence-corrected chi connectivity index (χ2v) is 5.11. The van der Waals surface area contributed by atoms with Crippen molar-refractivity contribution in [1.82, 2.24) is 4.90 Å². The Balaban J connectivity index is 2.19. The Morgan fingerprint density at radius 1 is 1.47 bits per heavy atom. The average Bonchev–Trinajstić information content (AvgIpc) is 2.37. The van der Waals surface area contributed by atoms with Gasteiger partial charge in [0, 0.05) is 13.1 Å². The van der Waals surface area contributed by atoms with Gasteiger partial charge in [-0.1, -0.05) is 13.0 Å². The van der Waals surface area contributed by atoms with Gasteiger partial charge in [-0.3, -0.25) is 4.79 Å². The molecule has 4 nitrogen and oxygen atoms in total. The van der Waals surface area contributed by atoms with Gasteiger partial charge in [0.1, 0.15) is 5.82 Å². The molecule has 0 aromatic heterocycles. The molecule has 0 spiro atoms. The molecule has 1 amide bonds. The number of likely N-dealkylation sites (tertiary alicyclic amines) is 1. The van der Waals surface area contributed by atoms with E-state index in [1.807, 2.05) is 0 Å². The molecule has 0 unspecified atom stereocenters. The normalized spacial score (nSPS) is 19.4. The number of carbonyl (C=O) groups is 1. The molecule has 102 valence electrons. The third-order valence-corrected chi connectivity index (χ3v) is 3.47. The highest BCUT2D eigenvalue weighted by molar-refractivity contribution is 6.58. The first kappa shape index (κ1) is 14.0. The van der Waals surface area contributed by atoms with Crippen molar-refractivity contribution < 1.29 is 19.2 Å². The molecule has 6 heteroatoms. The van der Waals surface area contributed by atoms with Gasteiger partial charge in [0.05, 0.1) is 5.56 Å². The summed E-state index contributed by atoms with van der Waals surface area (Å²) in [6.07, 6.45) is 2.02. The summed E-state index contributed by atoms with van der Waals surface area (Å²) in [6.45, 7) is 3.36. The monoisotopic (exact) mass is 265 g/mol. The first-order chi connectivity index (χ1) is 8.99. The zero-order chi connectivity index (χ0) is 14.0. The number of carbonyl (C=O) groups excluding carboxylic acids is 1. The molecular formula is C13H17BFNO3. The molecule has 0 aliphatic carbocycles. The lowest BCUT2D eigenvalue weighted by Gasteiger charge is -2.31. The Kier molecular flexibility index (Phi) is 4.22. The molecule has 0 bridgehead atoms. The van der Waals surface area contributed by atoms with E-state index in [0.717, 1.165) is 18.9 Å². The number of hydrogen-bond acceptors (Lipinski definition) is 3. The van der Waals surface area contributed by atoms with Crippen LogP contribution in [0.3, 0.4) is 0 Å². The Hall–Kier alpha value is -1.40. The molecule has 1 saturated heterocycles. The van der Waals surface area contributed by atoms with Crippen molar-refractivity contribution in [3.05, 3.63) is 29.6 Å². The van der Waals surface area contributed by atoms with Gasteiger partial charge in [-0.2, -0.15) is 0 Å². The van der Waals surface area contributed by atoms with Crippen LogP contribution < -0.4 is 5.46 Å². The fourth-order valence-corrected chi connectivity index (χ4v) is 2.41. The highest BCUT2D eigenvalue weighted by Gasteiger charge is 2.25. The number of hydrogen-bond donors (Lipinski definition) is 2. The van der Waals surface area contributed by atoms with E-state index < -0.39 is 12.9 Å². The van der Waals surface area contributed by atoms with Gasteiger partial charge in [0.2, 0.25) is 0 Å². The van der Waals surface area contributed by atoms with Crippen molar-refractivity contribution in [3.63, 3.8) is 0 Å². The fourth-order valence-electron chi connectivity index (χ4n) is 2.41. The van der Waals surface area contributed by atoms with E-state index in [2.05, 4.69) is 6.92 Å². The summed E-state index contributed by atoms with van der Waals surface area (Å²) in [7, 11) is -1.73. The van der Waals surface area contributed by atoms with Crippen LogP contribution in [0.2, 0.25) is 0 Å². The van der Waals surface area contributed by atoms with Crippen LogP contribution in [0.1, 0.15) is 30.1 Å². The fraction of sp³-hybridized carbons (Fsp3) is 0.462. The van der Waals surface area contributed by atoms with Crippen molar-refractivity contribution in [3.8, 4) is 0 Å². The zero-order valence-corrected chi connectivity index (χ0v) is 10.8. The molecular weight excluding hydrogens is 248 g/mol. The lowest BCUT2D eigenvalue weighted by Crippen LogP contribution is -2.40. The van der Waals surface area contributed by atoms with Crippen LogP contribution in [0.15, 0.2) is 18.2 Å². The molecule has 2 rings (SSSR count). The Labute approximate surface area is 112 Å². The van der Waals surface area contributed by atoms with Crippen LogP contribution >= 0.6 is 0 Å². The number of amides is 1. The third-order valence-electron chi connectivity index (χ3n) is 3.47. The van der Waals surface area contributed by atoms with Crippen LogP contribution in [-0.4, -0.2) is 41.1 Å². The highest BCUT2D eigenvalue weighted by Crippen LogP contribution is 2.18. The first-order valence-electron chi connectivity index (χ1n) is 6.44. The van der Waals surface area contributed by atoms with Crippen molar-refractivity contribution in [2.24, 2.45) is 5.92 Å². The minimum Gasteiger partial charge on any atom is -0.423 e. The summed E-state index contributed by atoms with van der Waals surface area (Å²) in [5.74, 6) is -0.615. The lowest BCUT2D eigenvalue weighted by molar-refractivity contribution is 0.0678. The van der Waals surface area contributed by atoms with Gasteiger partial charge >= 0.3 is 7.12 Å². The summed E-state index contributed by atoms with van der Waals surface area (Å²) < 4.78 is 13.8. The van der Waals surface area contributed by atoms with E-state index >= 15 is 0 Å². The highest BCUT2D eigenvalue weighted by atomic mass is 19.1. The van der Waals surface area contributed by atoms with Crippen LogP contribution in [-0.2, 0) is 0 Å². The van der Waals surface area contributed by atoms with Gasteiger partial charge < -0.3 is 14.9 Å². The summed E-state index contributed by atoms with van der Waals surface area (Å²) in [6, 6.07) is 3.66. The second kappa shape index (κ2) is 5.71. The van der Waals surface area contributed by atoms with Crippen molar-refractivity contribution in [2.75, 3.05) is 13.1 Å². The van der Waals surface area contributed by atoms with Gasteiger partial charge in [0.15, 0.2) is 0 Å². The maximum Gasteiger partial charge on any atom is 0.488 e. The molecule has 19 heavy (non-hydrogen) atoms. The Bertz CT molecular complexity index is 481. The van der Waals surface area contributed by atoms with Crippen LogP contribution in [0, 0.1) is 11.7 Å². The molecule has 0 saturated carbocycles. The predicted octanol–water partition coefficient (Wildman–Crippen LogP) is 0.378. The van der Waals surface area contributed by atoms with Crippen molar-refractivity contribution >= 4 is 18.5 Å². The standard InChI is InChI=1S/C13H17BFNO3/c1-9-3-2-6-16(8-9)13(17)11-5-4-10(14(18)19)7-12(11)15/h4-5,7,9,18-19H,2-3,6,8H2,1H3/t9-/m1/s1. The van der Waals surface area contributed by atoms with E-state index in [-0.39, 0.29) is 16.9 Å². The summed E-state index contributed by atoms with van der Waals surface area (Å²) >= 11 is 0. The van der Waals surface area contributed by atoms with E-state index in [1.165, 1.54) is 12.1 Å². The van der Waals surface area contributed by atoms with Gasteiger partial charge in [-0.25, -0.2) is 4.39 Å². The molecule has 1 heterocycles. The maximum atomic E-state index is 13.8. The van der Waals surface area contributed by atoms with E-state index in [4.69, 9.17) is 10.0 Å². The average molecular weight is 265 g/mol. The summed E-state index contributed by atoms with van der Waals surface area (Å²) in [5.41, 5.74) is 0.0274. The first-order valence-corrected chi connectivity index (χ1v) is 6.44. The SMILES string of the molecule is C[C@@H]1CCCN(C(=O)c2ccc(B(O)O)cc2F)C1. The topological polar surface area (TPSA) is 60.8 Å². The molecule has 1 aromatic carbocycles. The number of nitrogens with zero attached hydrogens (tertiary/aromatic N) is 1. The number of benzene rings is 1. The summed E-state index contributed by atoms with van der Waals surface area (Å²) in [4.78, 5) is 13.9. The Morgan fingerprint density at radius 3 is 2.79 bits per heavy atom. The minimum absolute atomic E-state index is 0.0153. The third kappa shape index (κ3) is 3.14.